The Labute approximate surface area is 315 Å². The normalized spacial score (nSPS) is 18.9. The second-order valence-corrected chi connectivity index (χ2v) is 29.3. The third-order valence-electron chi connectivity index (χ3n) is 11.3. The molecule has 1 aliphatic heterocycles. The lowest BCUT2D eigenvalue weighted by Gasteiger charge is -2.60. The van der Waals surface area contributed by atoms with Gasteiger partial charge < -0.3 is 19.4 Å². The first-order chi connectivity index (χ1) is 25.0. The number of benzene rings is 1. The molecule has 53 heavy (non-hydrogen) atoms. The van der Waals surface area contributed by atoms with Crippen LogP contribution >= 0.6 is 0 Å². The van der Waals surface area contributed by atoms with E-state index in [4.69, 9.17) is 9.47 Å². The number of aryl methyl sites for hydroxylation is 1. The fraction of sp³-hybridized carbons (Fsp3) is 0.625. The second kappa shape index (κ2) is 15.6. The summed E-state index contributed by atoms with van der Waals surface area (Å²) >= 11 is 0. The smallest absolute Gasteiger partial charge is 0.256 e. The van der Waals surface area contributed by atoms with Gasteiger partial charge >= 0.3 is 0 Å². The number of ether oxygens (including phenoxy) is 2. The Hall–Kier alpha value is -2.98. The van der Waals surface area contributed by atoms with Gasteiger partial charge in [-0.15, -0.1) is 0 Å². The number of hydrogen-bond donors (Lipinski definition) is 1. The first-order valence-corrected chi connectivity index (χ1v) is 26.9. The molecule has 2 fully saturated rings. The van der Waals surface area contributed by atoms with Crippen molar-refractivity contribution in [2.45, 2.75) is 136 Å². The Morgan fingerprint density at radius 1 is 0.943 bits per heavy atom. The molecule has 3 aromatic heterocycles. The number of nitrogens with zero attached hydrogens (tertiary/aromatic N) is 5. The van der Waals surface area contributed by atoms with E-state index >= 15 is 0 Å². The van der Waals surface area contributed by atoms with Crippen molar-refractivity contribution in [3.05, 3.63) is 53.5 Å². The standard InChI is InChI=1S/C40H60F2N6O3Si2/c1-9-10-36-39(13-15-40(41,42)16-14-39)26-46(36)25-32-21-31-24-43-37(23-35(31)47(32)27-50-17-19-52(3,4)5)44-38(49)30-11-12-34-33(22-30)29(2)45-48(34)28-51-18-20-53(6,7)8/h11-12,21-24,36H,9-10,13-20,25-28H2,1-8H3,(H,43,44,49). The van der Waals surface area contributed by atoms with Gasteiger partial charge in [0.05, 0.1) is 16.7 Å². The highest BCUT2D eigenvalue weighted by Crippen LogP contribution is 2.54. The van der Waals surface area contributed by atoms with Crippen molar-refractivity contribution in [3.63, 3.8) is 0 Å². The molecule has 1 aromatic carbocycles. The molecule has 4 heterocycles. The number of alkyl halides is 2. The second-order valence-electron chi connectivity index (χ2n) is 18.1. The summed E-state index contributed by atoms with van der Waals surface area (Å²) in [6, 6.07) is 12.2. The van der Waals surface area contributed by atoms with Crippen molar-refractivity contribution in [1.82, 2.24) is 24.2 Å². The van der Waals surface area contributed by atoms with Gasteiger partial charge in [-0.3, -0.25) is 9.69 Å². The number of hydrogen-bond acceptors (Lipinski definition) is 6. The molecular formula is C40H60F2N6O3Si2. The Kier molecular flexibility index (Phi) is 11.7. The molecule has 1 atom stereocenters. The van der Waals surface area contributed by atoms with Gasteiger partial charge in [0.25, 0.3) is 5.91 Å². The highest BCUT2D eigenvalue weighted by atomic mass is 28.3. The molecule has 1 amide bonds. The van der Waals surface area contributed by atoms with E-state index in [0.717, 1.165) is 64.7 Å². The van der Waals surface area contributed by atoms with Gasteiger partial charge in [0, 0.05) is 95.6 Å². The summed E-state index contributed by atoms with van der Waals surface area (Å²) in [6.07, 6.45) is 5.04. The van der Waals surface area contributed by atoms with E-state index in [2.05, 4.69) is 77.1 Å². The number of likely N-dealkylation sites (tertiary alicyclic amines) is 1. The van der Waals surface area contributed by atoms with Gasteiger partial charge in [-0.1, -0.05) is 52.6 Å². The molecule has 13 heteroatoms. The number of amides is 1. The van der Waals surface area contributed by atoms with Crippen LogP contribution < -0.4 is 5.32 Å². The van der Waals surface area contributed by atoms with Crippen LogP contribution in [0.2, 0.25) is 51.4 Å². The number of rotatable bonds is 16. The van der Waals surface area contributed by atoms with Gasteiger partial charge in [-0.05, 0) is 68.0 Å². The first-order valence-electron chi connectivity index (χ1n) is 19.5. The Bertz CT molecular complexity index is 1900. The summed E-state index contributed by atoms with van der Waals surface area (Å²) in [4.78, 5) is 20.7. The van der Waals surface area contributed by atoms with Crippen LogP contribution in [0.25, 0.3) is 21.8 Å². The molecule has 1 saturated heterocycles. The quantitative estimate of drug-likeness (QED) is 0.0903. The molecule has 2 aliphatic rings. The fourth-order valence-electron chi connectivity index (χ4n) is 8.03. The lowest BCUT2D eigenvalue weighted by Crippen LogP contribution is -2.65. The van der Waals surface area contributed by atoms with E-state index in [1.54, 1.807) is 0 Å². The molecule has 6 rings (SSSR count). The molecule has 1 saturated carbocycles. The lowest BCUT2D eigenvalue weighted by molar-refractivity contribution is -0.154. The molecule has 1 aliphatic carbocycles. The van der Waals surface area contributed by atoms with Crippen LogP contribution in [0.5, 0.6) is 0 Å². The van der Waals surface area contributed by atoms with Crippen LogP contribution in [0, 0.1) is 12.3 Å². The molecule has 290 valence electrons. The van der Waals surface area contributed by atoms with Crippen molar-refractivity contribution in [2.75, 3.05) is 25.1 Å². The maximum absolute atomic E-state index is 14.2. The summed E-state index contributed by atoms with van der Waals surface area (Å²) in [5.41, 5.74) is 4.35. The van der Waals surface area contributed by atoms with Crippen LogP contribution in [0.3, 0.4) is 0 Å². The number of nitrogens with one attached hydrogen (secondary N) is 1. The highest BCUT2D eigenvalue weighted by Gasteiger charge is 2.55. The van der Waals surface area contributed by atoms with Crippen LogP contribution in [-0.4, -0.2) is 78.0 Å². The van der Waals surface area contributed by atoms with E-state index in [1.807, 2.05) is 42.1 Å². The molecule has 1 N–H and O–H groups in total. The van der Waals surface area contributed by atoms with E-state index in [1.165, 1.54) is 0 Å². The minimum atomic E-state index is -2.53. The number of pyridine rings is 1. The summed E-state index contributed by atoms with van der Waals surface area (Å²) in [5, 5.41) is 9.61. The summed E-state index contributed by atoms with van der Waals surface area (Å²) in [5.74, 6) is -2.30. The lowest BCUT2D eigenvalue weighted by atomic mass is 9.61. The topological polar surface area (TPSA) is 86.4 Å². The van der Waals surface area contributed by atoms with Crippen molar-refractivity contribution in [3.8, 4) is 0 Å². The zero-order valence-corrected chi connectivity index (χ0v) is 35.2. The van der Waals surface area contributed by atoms with Crippen LogP contribution in [-0.2, 0) is 29.5 Å². The first kappa shape index (κ1) is 39.7. The minimum Gasteiger partial charge on any atom is -0.361 e. The monoisotopic (exact) mass is 766 g/mol. The zero-order valence-electron chi connectivity index (χ0n) is 33.2. The Morgan fingerprint density at radius 3 is 2.28 bits per heavy atom. The molecule has 1 spiro atoms. The predicted octanol–water partition coefficient (Wildman–Crippen LogP) is 9.75. The maximum atomic E-state index is 14.2. The Morgan fingerprint density at radius 2 is 1.62 bits per heavy atom. The van der Waals surface area contributed by atoms with Crippen LogP contribution in [0.15, 0.2) is 36.5 Å². The average Bonchev–Trinajstić information content (AvgIpc) is 3.58. The van der Waals surface area contributed by atoms with Gasteiger partial charge in [-0.2, -0.15) is 5.10 Å². The molecule has 9 nitrogen and oxygen atoms in total. The number of halogens is 2. The molecular weight excluding hydrogens is 707 g/mol. The van der Waals surface area contributed by atoms with E-state index in [9.17, 15) is 13.6 Å². The largest absolute Gasteiger partial charge is 0.361 e. The third kappa shape index (κ3) is 9.46. The summed E-state index contributed by atoms with van der Waals surface area (Å²) in [7, 11) is -2.46. The summed E-state index contributed by atoms with van der Waals surface area (Å²) in [6.45, 7) is 21.9. The predicted molar refractivity (Wildman–Crippen MR) is 215 cm³/mol. The molecule has 0 radical (unpaired) electrons. The number of anilines is 1. The van der Waals surface area contributed by atoms with E-state index < -0.39 is 22.1 Å². The van der Waals surface area contributed by atoms with Gasteiger partial charge in [0.1, 0.15) is 19.3 Å². The third-order valence-corrected chi connectivity index (χ3v) is 14.7. The van der Waals surface area contributed by atoms with Crippen molar-refractivity contribution in [2.24, 2.45) is 5.41 Å². The highest BCUT2D eigenvalue weighted by molar-refractivity contribution is 6.76. The van der Waals surface area contributed by atoms with Gasteiger partial charge in [0.2, 0.25) is 5.92 Å². The molecule has 1 unspecified atom stereocenters. The number of fused-ring (bicyclic) bond motifs is 2. The van der Waals surface area contributed by atoms with E-state index in [-0.39, 0.29) is 24.2 Å². The number of carbonyl (C=O) groups excluding carboxylic acids is 1. The van der Waals surface area contributed by atoms with Crippen molar-refractivity contribution >= 4 is 49.7 Å². The maximum Gasteiger partial charge on any atom is 0.256 e. The number of aromatic nitrogens is 4. The van der Waals surface area contributed by atoms with E-state index in [0.29, 0.717) is 63.5 Å². The molecule has 0 bridgehead atoms. The van der Waals surface area contributed by atoms with Gasteiger partial charge in [-0.25, -0.2) is 18.4 Å². The SMILES string of the molecule is CCCC1N(Cc2cc3cnc(NC(=O)c4ccc5c(c4)c(C)nn5COCC[Si](C)(C)C)cc3n2COCC[Si](C)(C)C)CC12CCC(F)(F)CC2. The van der Waals surface area contributed by atoms with Crippen molar-refractivity contribution in [1.29, 1.82) is 0 Å². The average molecular weight is 767 g/mol. The number of carbonyl (C=O) groups is 1. The minimum absolute atomic E-state index is 0.00260. The zero-order chi connectivity index (χ0) is 38.2. The van der Waals surface area contributed by atoms with Gasteiger partial charge in [0.15, 0.2) is 0 Å². The van der Waals surface area contributed by atoms with Crippen molar-refractivity contribution < 1.29 is 23.0 Å². The van der Waals surface area contributed by atoms with Crippen LogP contribution in [0.4, 0.5) is 14.6 Å². The van der Waals surface area contributed by atoms with Crippen LogP contribution in [0.1, 0.15) is 67.2 Å². The summed E-state index contributed by atoms with van der Waals surface area (Å²) < 4.78 is 44.6. The fourth-order valence-corrected chi connectivity index (χ4v) is 9.55. The Balaban J connectivity index is 1.20. The molecule has 4 aromatic rings.